The lowest BCUT2D eigenvalue weighted by Gasteiger charge is -2.19. The molecule has 7 nitrogen and oxygen atoms in total. The molecule has 0 fully saturated rings. The average Bonchev–Trinajstić information content (AvgIpc) is 2.76. The van der Waals surface area contributed by atoms with Gasteiger partial charge in [0.2, 0.25) is 0 Å². The first-order valence-corrected chi connectivity index (χ1v) is 9.97. The van der Waals surface area contributed by atoms with Gasteiger partial charge in [0.1, 0.15) is 11.9 Å². The van der Waals surface area contributed by atoms with Gasteiger partial charge >= 0.3 is 6.61 Å². The lowest BCUT2D eigenvalue weighted by atomic mass is 10.1. The van der Waals surface area contributed by atoms with E-state index in [-0.39, 0.29) is 18.4 Å². The predicted octanol–water partition coefficient (Wildman–Crippen LogP) is 3.35. The van der Waals surface area contributed by atoms with Crippen LogP contribution in [0.15, 0.2) is 53.5 Å². The number of benzene rings is 2. The molecule has 0 heterocycles. The van der Waals surface area contributed by atoms with Gasteiger partial charge in [0.05, 0.1) is 26.3 Å². The maximum atomic E-state index is 12.2. The van der Waals surface area contributed by atoms with Crippen LogP contribution in [0.25, 0.3) is 0 Å². The molecule has 0 spiro atoms. The normalized spacial score (nSPS) is 13.5. The highest BCUT2D eigenvalue weighted by Gasteiger charge is 2.12. The number of aliphatic hydroxyl groups excluding tert-OH is 1. The van der Waals surface area contributed by atoms with E-state index in [9.17, 15) is 13.9 Å². The van der Waals surface area contributed by atoms with Gasteiger partial charge < -0.3 is 30.0 Å². The van der Waals surface area contributed by atoms with Crippen LogP contribution in [0.2, 0.25) is 0 Å². The number of nitrogens with zero attached hydrogens (tertiary/aromatic N) is 1. The quantitative estimate of drug-likeness (QED) is 0.369. The van der Waals surface area contributed by atoms with E-state index < -0.39 is 12.7 Å². The number of guanidine groups is 1. The fraction of sp³-hybridized carbons (Fsp3) is 0.409. The van der Waals surface area contributed by atoms with Gasteiger partial charge in [-0.2, -0.15) is 8.78 Å². The Labute approximate surface area is 181 Å². The van der Waals surface area contributed by atoms with Gasteiger partial charge in [0.15, 0.2) is 17.5 Å². The van der Waals surface area contributed by atoms with Crippen molar-refractivity contribution in [3.63, 3.8) is 0 Å². The summed E-state index contributed by atoms with van der Waals surface area (Å²) < 4.78 is 40.0. The molecule has 0 aliphatic rings. The molecular weight excluding hydrogens is 408 g/mol. The number of aliphatic hydroxyl groups is 1. The topological polar surface area (TPSA) is 84.3 Å². The van der Waals surface area contributed by atoms with E-state index in [1.165, 1.54) is 24.3 Å². The van der Waals surface area contributed by atoms with Crippen LogP contribution in [-0.2, 0) is 0 Å². The summed E-state index contributed by atoms with van der Waals surface area (Å²) in [5, 5.41) is 16.6. The summed E-state index contributed by atoms with van der Waals surface area (Å²) in [7, 11) is 1.59. The molecule has 2 aromatic carbocycles. The van der Waals surface area contributed by atoms with E-state index in [1.807, 2.05) is 38.1 Å². The van der Waals surface area contributed by atoms with E-state index in [0.717, 1.165) is 0 Å². The first-order valence-electron chi connectivity index (χ1n) is 9.97. The number of hydrogen-bond acceptors (Lipinski definition) is 5. The summed E-state index contributed by atoms with van der Waals surface area (Å²) in [4.78, 5) is 4.39. The molecule has 2 aromatic rings. The highest BCUT2D eigenvalue weighted by atomic mass is 19.3. The third kappa shape index (κ3) is 8.29. The van der Waals surface area contributed by atoms with Crippen molar-refractivity contribution in [2.75, 3.05) is 26.7 Å². The van der Waals surface area contributed by atoms with Crippen LogP contribution < -0.4 is 24.8 Å². The molecule has 3 N–H and O–H groups in total. The zero-order valence-corrected chi connectivity index (χ0v) is 17.8. The maximum absolute atomic E-state index is 12.2. The monoisotopic (exact) mass is 437 g/mol. The minimum atomic E-state index is -2.89. The molecule has 2 rings (SSSR count). The zero-order chi connectivity index (χ0) is 22.6. The number of aliphatic imine (C=N–C) groups is 1. The van der Waals surface area contributed by atoms with E-state index in [2.05, 4.69) is 20.4 Å². The largest absolute Gasteiger partial charge is 0.493 e. The van der Waals surface area contributed by atoms with Gasteiger partial charge in [-0.3, -0.25) is 4.99 Å². The van der Waals surface area contributed by atoms with E-state index in [1.54, 1.807) is 7.11 Å². The fourth-order valence-electron chi connectivity index (χ4n) is 2.71. The molecule has 9 heteroatoms. The van der Waals surface area contributed by atoms with E-state index in [4.69, 9.17) is 9.47 Å². The number of methoxy groups -OCH3 is 1. The van der Waals surface area contributed by atoms with Crippen molar-refractivity contribution >= 4 is 5.96 Å². The molecule has 2 unspecified atom stereocenters. The summed E-state index contributed by atoms with van der Waals surface area (Å²) in [6, 6.07) is 13.2. The smallest absolute Gasteiger partial charge is 0.387 e. The summed E-state index contributed by atoms with van der Waals surface area (Å²) in [6.07, 6.45) is -1.06. The third-order valence-corrected chi connectivity index (χ3v) is 4.21. The lowest BCUT2D eigenvalue weighted by molar-refractivity contribution is -0.0498. The van der Waals surface area contributed by atoms with Gasteiger partial charge in [-0.1, -0.05) is 24.3 Å². The minimum Gasteiger partial charge on any atom is -0.493 e. The molecule has 0 saturated heterocycles. The van der Waals surface area contributed by atoms with Crippen molar-refractivity contribution in [1.82, 2.24) is 10.6 Å². The molecule has 2 atom stereocenters. The minimum absolute atomic E-state index is 0.0356. The fourth-order valence-corrected chi connectivity index (χ4v) is 2.71. The second-order valence-electron chi connectivity index (χ2n) is 6.64. The predicted molar refractivity (Wildman–Crippen MR) is 115 cm³/mol. The van der Waals surface area contributed by atoms with Gasteiger partial charge in [0.25, 0.3) is 0 Å². The van der Waals surface area contributed by atoms with Crippen molar-refractivity contribution in [2.24, 2.45) is 4.99 Å². The van der Waals surface area contributed by atoms with Gasteiger partial charge in [0, 0.05) is 6.54 Å². The number of hydrogen-bond donors (Lipinski definition) is 3. The lowest BCUT2D eigenvalue weighted by Crippen LogP contribution is -2.42. The molecule has 0 aliphatic carbocycles. The van der Waals surface area contributed by atoms with Crippen molar-refractivity contribution in [3.8, 4) is 17.2 Å². The number of halogens is 2. The van der Waals surface area contributed by atoms with Gasteiger partial charge in [-0.05, 0) is 43.7 Å². The molecule has 170 valence electrons. The molecule has 0 saturated carbocycles. The Morgan fingerprint density at radius 1 is 1.03 bits per heavy atom. The van der Waals surface area contributed by atoms with Crippen LogP contribution in [0.3, 0.4) is 0 Å². The molecule has 0 bridgehead atoms. The van der Waals surface area contributed by atoms with E-state index >= 15 is 0 Å². The summed E-state index contributed by atoms with van der Waals surface area (Å²) in [6.45, 7) is 2.17. The average molecular weight is 437 g/mol. The van der Waals surface area contributed by atoms with Crippen molar-refractivity contribution < 1.29 is 28.1 Å². The zero-order valence-electron chi connectivity index (χ0n) is 17.8. The Morgan fingerprint density at radius 3 is 2.32 bits per heavy atom. The first-order chi connectivity index (χ1) is 14.9. The molecule has 31 heavy (non-hydrogen) atoms. The van der Waals surface area contributed by atoms with Gasteiger partial charge in [-0.25, -0.2) is 0 Å². The number of alkyl halides is 2. The SMILES string of the molecule is CCNC(=NCC(O)c1ccc(OC(F)F)cc1)NCC(C)Oc1ccccc1OC. The summed E-state index contributed by atoms with van der Waals surface area (Å²) in [5.74, 6) is 1.86. The van der Waals surface area contributed by atoms with Crippen LogP contribution in [0.1, 0.15) is 25.5 Å². The molecule has 0 amide bonds. The Kier molecular flexibility index (Phi) is 9.83. The van der Waals surface area contributed by atoms with Crippen molar-refractivity contribution in [3.05, 3.63) is 54.1 Å². The Hall–Kier alpha value is -3.07. The second-order valence-corrected chi connectivity index (χ2v) is 6.64. The number of rotatable bonds is 11. The first kappa shape index (κ1) is 24.2. The van der Waals surface area contributed by atoms with Crippen LogP contribution in [-0.4, -0.2) is 50.5 Å². The van der Waals surface area contributed by atoms with E-state index in [0.29, 0.717) is 36.1 Å². The molecule has 0 aromatic heterocycles. The highest BCUT2D eigenvalue weighted by Crippen LogP contribution is 2.26. The standard InChI is InChI=1S/C22H29F2N3O4/c1-4-25-22(26-13-15(2)30-20-8-6-5-7-19(20)29-3)27-14-18(28)16-9-11-17(12-10-16)31-21(23)24/h5-12,15,18,21,28H,4,13-14H2,1-3H3,(H2,25,26,27). The van der Waals surface area contributed by atoms with Gasteiger partial charge in [-0.15, -0.1) is 0 Å². The van der Waals surface area contributed by atoms with Crippen LogP contribution in [0.5, 0.6) is 17.2 Å². The molecular formula is C22H29F2N3O4. The summed E-state index contributed by atoms with van der Waals surface area (Å²) >= 11 is 0. The Balaban J connectivity index is 1.90. The number of ether oxygens (including phenoxy) is 3. The third-order valence-electron chi connectivity index (χ3n) is 4.21. The van der Waals surface area contributed by atoms with Crippen molar-refractivity contribution in [2.45, 2.75) is 32.7 Å². The highest BCUT2D eigenvalue weighted by molar-refractivity contribution is 5.79. The van der Waals surface area contributed by atoms with Crippen molar-refractivity contribution in [1.29, 1.82) is 0 Å². The van der Waals surface area contributed by atoms with Crippen LogP contribution in [0, 0.1) is 0 Å². The number of nitrogens with one attached hydrogen (secondary N) is 2. The summed E-state index contributed by atoms with van der Waals surface area (Å²) in [5.41, 5.74) is 0.550. The molecule has 0 radical (unpaired) electrons. The second kappa shape index (κ2) is 12.6. The Bertz CT molecular complexity index is 819. The maximum Gasteiger partial charge on any atom is 0.387 e. The molecule has 0 aliphatic heterocycles. The van der Waals surface area contributed by atoms with Crippen LogP contribution in [0.4, 0.5) is 8.78 Å². The Morgan fingerprint density at radius 2 is 1.71 bits per heavy atom. The number of para-hydroxylation sites is 2. The van der Waals surface area contributed by atoms with Crippen LogP contribution >= 0.6 is 0 Å².